The quantitative estimate of drug-likeness (QED) is 0.894. The molecule has 1 aliphatic heterocycles. The molecule has 0 radical (unpaired) electrons. The van der Waals surface area contributed by atoms with Gasteiger partial charge in [0.15, 0.2) is 0 Å². The summed E-state index contributed by atoms with van der Waals surface area (Å²) in [6.07, 6.45) is 0.542. The Bertz CT molecular complexity index is 682. The highest BCUT2D eigenvalue weighted by molar-refractivity contribution is 6.30. The zero-order valence-electron chi connectivity index (χ0n) is 14.3. The second kappa shape index (κ2) is 8.48. The maximum Gasteiger partial charge on any atom is 0.239 e. The van der Waals surface area contributed by atoms with Gasteiger partial charge in [0.1, 0.15) is 0 Å². The molecular weight excluding hydrogens is 334 g/mol. The van der Waals surface area contributed by atoms with Crippen molar-refractivity contribution in [1.29, 1.82) is 0 Å². The van der Waals surface area contributed by atoms with Gasteiger partial charge in [-0.05, 0) is 29.7 Å². The van der Waals surface area contributed by atoms with Crippen molar-refractivity contribution in [2.24, 2.45) is 5.73 Å². The lowest BCUT2D eigenvalue weighted by molar-refractivity contribution is -0.134. The lowest BCUT2D eigenvalue weighted by Crippen LogP contribution is -2.53. The molecule has 4 nitrogen and oxygen atoms in total. The maximum atomic E-state index is 12.6. The second-order valence-corrected chi connectivity index (χ2v) is 6.96. The summed E-state index contributed by atoms with van der Waals surface area (Å²) in [6, 6.07) is 17.4. The molecule has 1 aliphatic rings. The van der Waals surface area contributed by atoms with E-state index in [1.807, 2.05) is 35.2 Å². The van der Waals surface area contributed by atoms with Crippen molar-refractivity contribution in [2.75, 3.05) is 26.2 Å². The molecule has 0 spiro atoms. The number of piperazine rings is 1. The van der Waals surface area contributed by atoms with Crippen molar-refractivity contribution in [2.45, 2.75) is 19.0 Å². The van der Waals surface area contributed by atoms with Crippen LogP contribution >= 0.6 is 11.6 Å². The largest absolute Gasteiger partial charge is 0.339 e. The Hall–Kier alpha value is -1.88. The molecule has 0 saturated carbocycles. The normalized spacial score (nSPS) is 16.6. The number of nitrogens with zero attached hydrogens (tertiary/aromatic N) is 2. The molecule has 5 heteroatoms. The molecule has 25 heavy (non-hydrogen) atoms. The van der Waals surface area contributed by atoms with Crippen LogP contribution in [-0.4, -0.2) is 47.9 Å². The van der Waals surface area contributed by atoms with E-state index in [0.717, 1.165) is 38.3 Å². The average molecular weight is 358 g/mol. The average Bonchev–Trinajstić information content (AvgIpc) is 2.64. The zero-order valence-corrected chi connectivity index (χ0v) is 15.0. The van der Waals surface area contributed by atoms with Crippen LogP contribution in [0.25, 0.3) is 0 Å². The molecule has 2 N–H and O–H groups in total. The number of nitrogens with two attached hydrogens (primary N) is 1. The Kier molecular flexibility index (Phi) is 6.08. The third kappa shape index (κ3) is 5.05. The van der Waals surface area contributed by atoms with Crippen LogP contribution in [0, 0.1) is 0 Å². The molecule has 3 rings (SSSR count). The number of hydrogen-bond acceptors (Lipinski definition) is 3. The summed E-state index contributed by atoms with van der Waals surface area (Å²) < 4.78 is 0. The molecule has 2 aromatic carbocycles. The van der Waals surface area contributed by atoms with Gasteiger partial charge in [-0.1, -0.05) is 54.1 Å². The van der Waals surface area contributed by atoms with Crippen LogP contribution in [0.2, 0.25) is 5.02 Å². The predicted octanol–water partition coefficient (Wildman–Crippen LogP) is 2.55. The van der Waals surface area contributed by atoms with Crippen LogP contribution in [0.15, 0.2) is 54.6 Å². The van der Waals surface area contributed by atoms with Crippen molar-refractivity contribution >= 4 is 17.5 Å². The Morgan fingerprint density at radius 2 is 1.60 bits per heavy atom. The SMILES string of the molecule is NC(Cc1ccc(Cl)cc1)C(=O)N1CCN(Cc2ccccc2)CC1. The molecule has 1 heterocycles. The highest BCUT2D eigenvalue weighted by atomic mass is 35.5. The minimum absolute atomic E-state index is 0.0364. The highest BCUT2D eigenvalue weighted by Gasteiger charge is 2.25. The van der Waals surface area contributed by atoms with Gasteiger partial charge in [-0.15, -0.1) is 0 Å². The van der Waals surface area contributed by atoms with Gasteiger partial charge in [0.05, 0.1) is 6.04 Å². The first kappa shape index (κ1) is 17.9. The fraction of sp³-hybridized carbons (Fsp3) is 0.350. The van der Waals surface area contributed by atoms with Crippen molar-refractivity contribution in [3.63, 3.8) is 0 Å². The molecule has 0 aromatic heterocycles. The van der Waals surface area contributed by atoms with Gasteiger partial charge in [0, 0.05) is 37.7 Å². The van der Waals surface area contributed by atoms with Crippen molar-refractivity contribution in [3.05, 3.63) is 70.7 Å². The van der Waals surface area contributed by atoms with E-state index in [1.54, 1.807) is 0 Å². The van der Waals surface area contributed by atoms with Gasteiger partial charge in [-0.25, -0.2) is 0 Å². The van der Waals surface area contributed by atoms with Crippen LogP contribution in [0.4, 0.5) is 0 Å². The van der Waals surface area contributed by atoms with E-state index in [0.29, 0.717) is 11.4 Å². The molecule has 2 aromatic rings. The summed E-state index contributed by atoms with van der Waals surface area (Å²) in [5.74, 6) is 0.0364. The molecule has 1 unspecified atom stereocenters. The number of carbonyl (C=O) groups excluding carboxylic acids is 1. The van der Waals surface area contributed by atoms with Crippen molar-refractivity contribution in [3.8, 4) is 0 Å². The predicted molar refractivity (Wildman–Crippen MR) is 101 cm³/mol. The Morgan fingerprint density at radius 3 is 2.24 bits per heavy atom. The van der Waals surface area contributed by atoms with Crippen molar-refractivity contribution in [1.82, 2.24) is 9.80 Å². The molecule has 1 saturated heterocycles. The van der Waals surface area contributed by atoms with Gasteiger partial charge >= 0.3 is 0 Å². The molecule has 0 bridgehead atoms. The summed E-state index contributed by atoms with van der Waals surface area (Å²) in [6.45, 7) is 4.17. The van der Waals surface area contributed by atoms with E-state index in [1.165, 1.54) is 5.56 Å². The number of carbonyl (C=O) groups is 1. The highest BCUT2D eigenvalue weighted by Crippen LogP contribution is 2.13. The van der Waals surface area contributed by atoms with Gasteiger partial charge in [-0.2, -0.15) is 0 Å². The van der Waals surface area contributed by atoms with Crippen molar-refractivity contribution < 1.29 is 4.79 Å². The lowest BCUT2D eigenvalue weighted by atomic mass is 10.1. The van der Waals surface area contributed by atoms with Gasteiger partial charge in [0.2, 0.25) is 5.91 Å². The van der Waals surface area contributed by atoms with Gasteiger partial charge < -0.3 is 10.6 Å². The van der Waals surface area contributed by atoms with E-state index < -0.39 is 6.04 Å². The molecule has 132 valence electrons. The lowest BCUT2D eigenvalue weighted by Gasteiger charge is -2.36. The van der Waals surface area contributed by atoms with Crippen LogP contribution in [0.3, 0.4) is 0 Å². The van der Waals surface area contributed by atoms with Crippen LogP contribution < -0.4 is 5.73 Å². The van der Waals surface area contributed by atoms with E-state index in [2.05, 4.69) is 29.2 Å². The van der Waals surface area contributed by atoms with Gasteiger partial charge in [-0.3, -0.25) is 9.69 Å². The van der Waals surface area contributed by atoms with E-state index in [4.69, 9.17) is 17.3 Å². The molecule has 1 amide bonds. The Labute approximate surface area is 154 Å². The first-order valence-electron chi connectivity index (χ1n) is 8.67. The topological polar surface area (TPSA) is 49.6 Å². The molecule has 0 aliphatic carbocycles. The maximum absolute atomic E-state index is 12.6. The summed E-state index contributed by atoms with van der Waals surface area (Å²) >= 11 is 5.89. The first-order chi connectivity index (χ1) is 12.1. The zero-order chi connectivity index (χ0) is 17.6. The third-order valence-corrected chi connectivity index (χ3v) is 4.87. The van der Waals surface area contributed by atoms with Gasteiger partial charge in [0.25, 0.3) is 0 Å². The third-order valence-electron chi connectivity index (χ3n) is 4.62. The second-order valence-electron chi connectivity index (χ2n) is 6.52. The van der Waals surface area contributed by atoms with Crippen LogP contribution in [-0.2, 0) is 17.8 Å². The standard InChI is InChI=1S/C20H24ClN3O/c21-18-8-6-16(7-9-18)14-19(22)20(25)24-12-10-23(11-13-24)15-17-4-2-1-3-5-17/h1-9,19H,10-15,22H2. The van der Waals surface area contributed by atoms with E-state index in [9.17, 15) is 4.79 Å². The number of hydrogen-bond donors (Lipinski definition) is 1. The number of rotatable bonds is 5. The smallest absolute Gasteiger partial charge is 0.239 e. The van der Waals surface area contributed by atoms with E-state index in [-0.39, 0.29) is 5.91 Å². The minimum atomic E-state index is -0.498. The summed E-state index contributed by atoms with van der Waals surface area (Å²) in [5, 5.41) is 0.693. The number of benzene rings is 2. The monoisotopic (exact) mass is 357 g/mol. The fourth-order valence-corrected chi connectivity index (χ4v) is 3.29. The Morgan fingerprint density at radius 1 is 0.960 bits per heavy atom. The number of halogens is 1. The Balaban J connectivity index is 1.48. The molecule has 1 fully saturated rings. The summed E-state index contributed by atoms with van der Waals surface area (Å²) in [5.41, 5.74) is 8.48. The summed E-state index contributed by atoms with van der Waals surface area (Å²) in [4.78, 5) is 16.9. The molecule has 1 atom stereocenters. The fourth-order valence-electron chi connectivity index (χ4n) is 3.16. The van der Waals surface area contributed by atoms with E-state index >= 15 is 0 Å². The summed E-state index contributed by atoms with van der Waals surface area (Å²) in [7, 11) is 0. The molecular formula is C20H24ClN3O. The first-order valence-corrected chi connectivity index (χ1v) is 9.05. The number of amides is 1. The van der Waals surface area contributed by atoms with Crippen LogP contribution in [0.5, 0.6) is 0 Å². The minimum Gasteiger partial charge on any atom is -0.339 e. The van der Waals surface area contributed by atoms with Crippen LogP contribution in [0.1, 0.15) is 11.1 Å².